The van der Waals surface area contributed by atoms with Crippen LogP contribution in [0.3, 0.4) is 0 Å². The molecule has 4 N–H and O–H groups in total. The molecule has 0 aliphatic carbocycles. The van der Waals surface area contributed by atoms with Crippen LogP contribution in [0.5, 0.6) is 0 Å². The average molecular weight is 855 g/mol. The number of esters is 1. The van der Waals surface area contributed by atoms with Crippen LogP contribution in [0.25, 0.3) is 0 Å². The highest BCUT2D eigenvalue weighted by molar-refractivity contribution is 5.69. The molecule has 1 fully saturated rings. The number of allylic oxidation sites excluding steroid dienone is 2. The number of ether oxygens (including phenoxy) is 4. The van der Waals surface area contributed by atoms with E-state index in [4.69, 9.17) is 18.9 Å². The van der Waals surface area contributed by atoms with E-state index >= 15 is 0 Å². The maximum Gasteiger partial charge on any atom is 0.306 e. The highest BCUT2D eigenvalue weighted by Gasteiger charge is 2.44. The Morgan fingerprint density at radius 3 is 1.35 bits per heavy atom. The van der Waals surface area contributed by atoms with Crippen molar-refractivity contribution in [3.63, 3.8) is 0 Å². The first-order chi connectivity index (χ1) is 29.4. The van der Waals surface area contributed by atoms with Gasteiger partial charge in [-0.3, -0.25) is 4.79 Å². The largest absolute Gasteiger partial charge is 0.457 e. The Morgan fingerprint density at radius 2 is 0.917 bits per heavy atom. The Morgan fingerprint density at radius 1 is 0.517 bits per heavy atom. The number of aliphatic hydroxyl groups excluding tert-OH is 4. The lowest BCUT2D eigenvalue weighted by Crippen LogP contribution is -2.59. The van der Waals surface area contributed by atoms with Crippen molar-refractivity contribution >= 4 is 5.97 Å². The summed E-state index contributed by atoms with van der Waals surface area (Å²) in [7, 11) is 0. The summed E-state index contributed by atoms with van der Waals surface area (Å²) in [6.07, 6.45) is 42.4. The zero-order valence-electron chi connectivity index (χ0n) is 39.2. The van der Waals surface area contributed by atoms with Crippen LogP contribution in [0.4, 0.5) is 0 Å². The molecule has 0 bridgehead atoms. The Kier molecular flexibility index (Phi) is 41.0. The number of carbonyl (C=O) groups is 1. The van der Waals surface area contributed by atoms with Gasteiger partial charge in [0, 0.05) is 13.0 Å². The van der Waals surface area contributed by atoms with Gasteiger partial charge in [0.1, 0.15) is 30.5 Å². The standard InChI is InChI=1S/C51H98O9/c1-3-5-7-9-11-13-15-17-19-21-22-23-24-25-26-28-30-32-34-36-38-40-47(53)59-45(44-58-51-50(56)49(55)48(54)46(42-52)60-51)43-57-41-39-37-35-33-31-29-27-20-18-16-14-12-10-8-6-4-2/h21-22,45-46,48-52,54-56H,3-20,23-44H2,1-2H3/b22-21-. The fourth-order valence-corrected chi connectivity index (χ4v) is 8.14. The zero-order chi connectivity index (χ0) is 43.6. The summed E-state index contributed by atoms with van der Waals surface area (Å²) in [6, 6.07) is 0. The van der Waals surface area contributed by atoms with E-state index in [1.165, 1.54) is 193 Å². The van der Waals surface area contributed by atoms with Crippen LogP contribution in [0.15, 0.2) is 12.2 Å². The van der Waals surface area contributed by atoms with Crippen LogP contribution in [0.2, 0.25) is 0 Å². The van der Waals surface area contributed by atoms with Crippen molar-refractivity contribution in [2.24, 2.45) is 0 Å². The van der Waals surface area contributed by atoms with Gasteiger partial charge in [-0.25, -0.2) is 0 Å². The summed E-state index contributed by atoms with van der Waals surface area (Å²) >= 11 is 0. The molecule has 0 saturated carbocycles. The van der Waals surface area contributed by atoms with Crippen molar-refractivity contribution in [1.29, 1.82) is 0 Å². The lowest BCUT2D eigenvalue weighted by atomic mass is 9.99. The summed E-state index contributed by atoms with van der Waals surface area (Å²) in [5, 5.41) is 40.2. The van der Waals surface area contributed by atoms with Crippen molar-refractivity contribution in [2.75, 3.05) is 26.4 Å². The molecule has 0 radical (unpaired) electrons. The molecule has 0 aromatic carbocycles. The highest BCUT2D eigenvalue weighted by atomic mass is 16.7. The summed E-state index contributed by atoms with van der Waals surface area (Å²) in [6.45, 7) is 4.61. The third-order valence-corrected chi connectivity index (χ3v) is 12.2. The molecule has 1 rings (SSSR count). The van der Waals surface area contributed by atoms with E-state index in [9.17, 15) is 25.2 Å². The molecular formula is C51H98O9. The van der Waals surface area contributed by atoms with Crippen LogP contribution in [-0.4, -0.2) is 89.6 Å². The second-order valence-electron chi connectivity index (χ2n) is 18.0. The molecule has 0 aromatic rings. The first-order valence-corrected chi connectivity index (χ1v) is 25.8. The summed E-state index contributed by atoms with van der Waals surface area (Å²) in [5.41, 5.74) is 0. The minimum absolute atomic E-state index is 0.108. The Bertz CT molecular complexity index is 930. The number of carbonyl (C=O) groups excluding carboxylic acids is 1. The molecule has 356 valence electrons. The number of aliphatic hydroxyl groups is 4. The van der Waals surface area contributed by atoms with Crippen LogP contribution in [0, 0.1) is 0 Å². The van der Waals surface area contributed by atoms with Gasteiger partial charge in [0.2, 0.25) is 0 Å². The van der Waals surface area contributed by atoms with Crippen LogP contribution in [0.1, 0.15) is 245 Å². The molecule has 6 atom stereocenters. The highest BCUT2D eigenvalue weighted by Crippen LogP contribution is 2.23. The Balaban J connectivity index is 2.19. The van der Waals surface area contributed by atoms with Gasteiger partial charge < -0.3 is 39.4 Å². The maximum atomic E-state index is 12.8. The molecule has 1 saturated heterocycles. The van der Waals surface area contributed by atoms with Crippen molar-refractivity contribution in [3.05, 3.63) is 12.2 Å². The lowest BCUT2D eigenvalue weighted by Gasteiger charge is -2.39. The molecule has 1 heterocycles. The smallest absolute Gasteiger partial charge is 0.306 e. The Hall–Kier alpha value is -1.07. The second kappa shape index (κ2) is 43.2. The number of rotatable bonds is 45. The third-order valence-electron chi connectivity index (χ3n) is 12.2. The topological polar surface area (TPSA) is 135 Å². The van der Waals surface area contributed by atoms with Gasteiger partial charge in [-0.2, -0.15) is 0 Å². The molecule has 6 unspecified atom stereocenters. The van der Waals surface area contributed by atoms with Crippen molar-refractivity contribution in [3.8, 4) is 0 Å². The van der Waals surface area contributed by atoms with Gasteiger partial charge in [-0.05, 0) is 38.5 Å². The van der Waals surface area contributed by atoms with E-state index in [1.807, 2.05) is 0 Å². The minimum atomic E-state index is -1.53. The number of hydrogen-bond acceptors (Lipinski definition) is 9. The molecular weight excluding hydrogens is 757 g/mol. The van der Waals surface area contributed by atoms with Gasteiger partial charge >= 0.3 is 5.97 Å². The van der Waals surface area contributed by atoms with Gasteiger partial charge in [0.25, 0.3) is 0 Å². The average Bonchev–Trinajstić information content (AvgIpc) is 3.25. The molecule has 9 nitrogen and oxygen atoms in total. The molecule has 9 heteroatoms. The summed E-state index contributed by atoms with van der Waals surface area (Å²) in [4.78, 5) is 12.8. The predicted molar refractivity (Wildman–Crippen MR) is 247 cm³/mol. The lowest BCUT2D eigenvalue weighted by molar-refractivity contribution is -0.305. The zero-order valence-corrected chi connectivity index (χ0v) is 39.2. The van der Waals surface area contributed by atoms with Crippen LogP contribution < -0.4 is 0 Å². The second-order valence-corrected chi connectivity index (χ2v) is 18.0. The first-order valence-electron chi connectivity index (χ1n) is 25.8. The monoisotopic (exact) mass is 855 g/mol. The van der Waals surface area contributed by atoms with E-state index in [1.54, 1.807) is 0 Å². The predicted octanol–water partition coefficient (Wildman–Crippen LogP) is 12.4. The van der Waals surface area contributed by atoms with E-state index < -0.39 is 43.4 Å². The first kappa shape index (κ1) is 56.9. The van der Waals surface area contributed by atoms with Gasteiger partial charge in [0.05, 0.1) is 19.8 Å². The summed E-state index contributed by atoms with van der Waals surface area (Å²) < 4.78 is 22.9. The fourth-order valence-electron chi connectivity index (χ4n) is 8.14. The molecule has 1 aliphatic rings. The molecule has 0 aromatic heterocycles. The van der Waals surface area contributed by atoms with E-state index in [2.05, 4.69) is 26.0 Å². The van der Waals surface area contributed by atoms with Crippen molar-refractivity contribution in [1.82, 2.24) is 0 Å². The van der Waals surface area contributed by atoms with Crippen molar-refractivity contribution < 1.29 is 44.2 Å². The number of hydrogen-bond donors (Lipinski definition) is 4. The van der Waals surface area contributed by atoms with E-state index in [-0.39, 0.29) is 19.2 Å². The SMILES string of the molecule is CCCCCCCCCC/C=C\CCCCCCCCCCCC(=O)OC(COCCCCCCCCCCCCCCCCCC)COC1OC(CO)C(O)C(O)C1O. The third kappa shape index (κ3) is 33.5. The maximum absolute atomic E-state index is 12.8. The van der Waals surface area contributed by atoms with E-state index in [0.29, 0.717) is 13.0 Å². The fraction of sp³-hybridized carbons (Fsp3) is 0.941. The van der Waals surface area contributed by atoms with Gasteiger partial charge in [-0.15, -0.1) is 0 Å². The van der Waals surface area contributed by atoms with Gasteiger partial charge in [-0.1, -0.05) is 212 Å². The minimum Gasteiger partial charge on any atom is -0.457 e. The van der Waals surface area contributed by atoms with Crippen molar-refractivity contribution in [2.45, 2.75) is 282 Å². The summed E-state index contributed by atoms with van der Waals surface area (Å²) in [5.74, 6) is -0.310. The molecule has 0 amide bonds. The number of unbranched alkanes of at least 4 members (excludes halogenated alkanes) is 32. The van der Waals surface area contributed by atoms with Gasteiger partial charge in [0.15, 0.2) is 6.29 Å². The van der Waals surface area contributed by atoms with E-state index in [0.717, 1.165) is 32.1 Å². The van der Waals surface area contributed by atoms with Crippen LogP contribution in [-0.2, 0) is 23.7 Å². The quantitative estimate of drug-likeness (QED) is 0.0268. The molecule has 1 aliphatic heterocycles. The Labute approximate surface area is 369 Å². The molecule has 0 spiro atoms. The van der Waals surface area contributed by atoms with Crippen LogP contribution >= 0.6 is 0 Å². The molecule has 60 heavy (non-hydrogen) atoms. The normalized spacial score (nSPS) is 20.0.